The Hall–Kier alpha value is -2.12. The van der Waals surface area contributed by atoms with Crippen molar-refractivity contribution in [2.45, 2.75) is 12.0 Å². The number of esters is 1. The maximum atomic E-state index is 13.0. The van der Waals surface area contributed by atoms with Gasteiger partial charge in [0.15, 0.2) is 6.61 Å². The molecular formula is C17H21ClN2O5. The molecule has 0 aliphatic carbocycles. The third kappa shape index (κ3) is 4.49. The number of methoxy groups -OCH3 is 1. The lowest BCUT2D eigenvalue weighted by Gasteiger charge is -2.29. The number of nitrogens with zero attached hydrogens (tertiary/aromatic N) is 1. The fourth-order valence-corrected chi connectivity index (χ4v) is 2.91. The fraction of sp³-hybridized carbons (Fsp3) is 0.471. The molecule has 0 spiro atoms. The molecule has 25 heavy (non-hydrogen) atoms. The van der Waals surface area contributed by atoms with Crippen LogP contribution < -0.4 is 5.32 Å². The normalized spacial score (nSPS) is 19.8. The Morgan fingerprint density at radius 1 is 1.32 bits per heavy atom. The first kappa shape index (κ1) is 19.2. The van der Waals surface area contributed by atoms with Crippen LogP contribution in [-0.4, -0.2) is 62.0 Å². The van der Waals surface area contributed by atoms with E-state index in [4.69, 9.17) is 21.1 Å². The summed E-state index contributed by atoms with van der Waals surface area (Å²) in [6, 6.07) is 9.04. The summed E-state index contributed by atoms with van der Waals surface area (Å²) in [5.74, 6) is -1.78. The quantitative estimate of drug-likeness (QED) is 0.538. The van der Waals surface area contributed by atoms with Gasteiger partial charge in [-0.25, -0.2) is 0 Å². The highest BCUT2D eigenvalue weighted by atomic mass is 35.5. The van der Waals surface area contributed by atoms with Gasteiger partial charge >= 0.3 is 5.97 Å². The average molecular weight is 369 g/mol. The van der Waals surface area contributed by atoms with Crippen LogP contribution in [0.5, 0.6) is 0 Å². The molecule has 1 heterocycles. The van der Waals surface area contributed by atoms with Crippen LogP contribution in [0.2, 0.25) is 0 Å². The number of hydrogen-bond acceptors (Lipinski definition) is 5. The summed E-state index contributed by atoms with van der Waals surface area (Å²) in [6.45, 7) is 0.878. The highest BCUT2D eigenvalue weighted by Gasteiger charge is 2.48. The topological polar surface area (TPSA) is 84.9 Å². The summed E-state index contributed by atoms with van der Waals surface area (Å²) in [4.78, 5) is 38.0. The number of hydrogen-bond donors (Lipinski definition) is 1. The van der Waals surface area contributed by atoms with Crippen LogP contribution in [0, 0.1) is 0 Å². The zero-order valence-corrected chi connectivity index (χ0v) is 14.8. The number of carbonyl (C=O) groups is 3. The summed E-state index contributed by atoms with van der Waals surface area (Å²) in [5, 5.41) is 2.75. The number of rotatable bonds is 8. The molecule has 1 aliphatic rings. The molecule has 0 saturated carbocycles. The Morgan fingerprint density at radius 2 is 2.04 bits per heavy atom. The second kappa shape index (κ2) is 8.82. The SMILES string of the molecule is COCCN1CCC(NC(=O)COC(=O)CCl)(c2ccccc2)C1=O. The lowest BCUT2D eigenvalue weighted by molar-refractivity contribution is -0.147. The minimum absolute atomic E-state index is 0.201. The number of nitrogens with one attached hydrogen (secondary N) is 1. The van der Waals surface area contributed by atoms with Gasteiger partial charge in [0.25, 0.3) is 11.8 Å². The molecule has 8 heteroatoms. The minimum atomic E-state index is -1.17. The molecule has 0 radical (unpaired) electrons. The van der Waals surface area contributed by atoms with Gasteiger partial charge in [-0.3, -0.25) is 14.4 Å². The molecule has 2 amide bonds. The van der Waals surface area contributed by atoms with E-state index in [-0.39, 0.29) is 11.8 Å². The molecule has 0 aromatic heterocycles. The Morgan fingerprint density at radius 3 is 2.68 bits per heavy atom. The first-order chi connectivity index (χ1) is 12.0. The number of likely N-dealkylation sites (tertiary alicyclic amines) is 1. The van der Waals surface area contributed by atoms with E-state index >= 15 is 0 Å². The smallest absolute Gasteiger partial charge is 0.321 e. The van der Waals surface area contributed by atoms with Gasteiger partial charge in [-0.2, -0.15) is 0 Å². The van der Waals surface area contributed by atoms with Crippen molar-refractivity contribution >= 4 is 29.4 Å². The van der Waals surface area contributed by atoms with Gasteiger partial charge in [0, 0.05) is 26.6 Å². The third-order valence-corrected chi connectivity index (χ3v) is 4.29. The molecule has 7 nitrogen and oxygen atoms in total. The Bertz CT molecular complexity index is 625. The molecule has 1 N–H and O–H groups in total. The number of carbonyl (C=O) groups excluding carboxylic acids is 3. The highest BCUT2D eigenvalue weighted by Crippen LogP contribution is 2.33. The van der Waals surface area contributed by atoms with Crippen LogP contribution in [0.3, 0.4) is 0 Å². The van der Waals surface area contributed by atoms with E-state index in [0.717, 1.165) is 0 Å². The van der Waals surface area contributed by atoms with Gasteiger partial charge < -0.3 is 19.7 Å². The molecule has 1 saturated heterocycles. The number of benzene rings is 1. The van der Waals surface area contributed by atoms with Crippen LogP contribution >= 0.6 is 11.6 Å². The molecule has 0 bridgehead atoms. The molecular weight excluding hydrogens is 348 g/mol. The summed E-state index contributed by atoms with van der Waals surface area (Å²) in [5.41, 5.74) is -0.476. The second-order valence-electron chi connectivity index (χ2n) is 5.65. The lowest BCUT2D eigenvalue weighted by atomic mass is 9.88. The standard InChI is InChI=1S/C17H21ClN2O5/c1-24-10-9-20-8-7-17(16(20)23,13-5-3-2-4-6-13)19-14(21)12-25-15(22)11-18/h2-6H,7-12H2,1H3,(H,19,21). The highest BCUT2D eigenvalue weighted by molar-refractivity contribution is 6.26. The van der Waals surface area contributed by atoms with Crippen molar-refractivity contribution in [1.82, 2.24) is 10.2 Å². The summed E-state index contributed by atoms with van der Waals surface area (Å²) < 4.78 is 9.78. The summed E-state index contributed by atoms with van der Waals surface area (Å²) >= 11 is 5.34. The van der Waals surface area contributed by atoms with Crippen molar-refractivity contribution in [3.63, 3.8) is 0 Å². The zero-order chi connectivity index (χ0) is 18.3. The average Bonchev–Trinajstić information content (AvgIpc) is 2.95. The van der Waals surface area contributed by atoms with E-state index in [0.29, 0.717) is 31.7 Å². The first-order valence-corrected chi connectivity index (χ1v) is 8.43. The molecule has 1 aromatic carbocycles. The van der Waals surface area contributed by atoms with Crippen molar-refractivity contribution in [3.8, 4) is 0 Å². The van der Waals surface area contributed by atoms with Crippen molar-refractivity contribution in [3.05, 3.63) is 35.9 Å². The predicted octanol–water partition coefficient (Wildman–Crippen LogP) is 0.659. The summed E-state index contributed by atoms with van der Waals surface area (Å²) in [7, 11) is 1.57. The number of halogens is 1. The first-order valence-electron chi connectivity index (χ1n) is 7.90. The molecule has 1 aliphatic heterocycles. The Kier molecular flexibility index (Phi) is 6.78. The van der Waals surface area contributed by atoms with E-state index in [2.05, 4.69) is 5.32 Å². The van der Waals surface area contributed by atoms with Crippen molar-refractivity contribution in [2.75, 3.05) is 39.3 Å². The maximum Gasteiger partial charge on any atom is 0.321 e. The largest absolute Gasteiger partial charge is 0.455 e. The molecule has 1 atom stereocenters. The van der Waals surface area contributed by atoms with E-state index in [9.17, 15) is 14.4 Å². The van der Waals surface area contributed by atoms with Crippen molar-refractivity contribution in [2.24, 2.45) is 0 Å². The zero-order valence-electron chi connectivity index (χ0n) is 14.0. The maximum absolute atomic E-state index is 13.0. The van der Waals surface area contributed by atoms with E-state index < -0.39 is 24.0 Å². The van der Waals surface area contributed by atoms with Gasteiger partial charge in [-0.1, -0.05) is 30.3 Å². The van der Waals surface area contributed by atoms with Crippen LogP contribution in [0.4, 0.5) is 0 Å². The van der Waals surface area contributed by atoms with Crippen LogP contribution in [0.15, 0.2) is 30.3 Å². The van der Waals surface area contributed by atoms with Gasteiger partial charge in [-0.05, 0) is 5.56 Å². The van der Waals surface area contributed by atoms with Crippen LogP contribution in [0.25, 0.3) is 0 Å². The van der Waals surface area contributed by atoms with Gasteiger partial charge in [0.1, 0.15) is 11.4 Å². The second-order valence-corrected chi connectivity index (χ2v) is 5.92. The third-order valence-electron chi connectivity index (χ3n) is 4.07. The van der Waals surface area contributed by atoms with Crippen LogP contribution in [-0.2, 0) is 29.4 Å². The monoisotopic (exact) mass is 368 g/mol. The van der Waals surface area contributed by atoms with E-state index in [1.165, 1.54) is 0 Å². The van der Waals surface area contributed by atoms with Gasteiger partial charge in [-0.15, -0.1) is 11.6 Å². The molecule has 1 aromatic rings. The molecule has 2 rings (SSSR count). The van der Waals surface area contributed by atoms with Crippen LogP contribution in [0.1, 0.15) is 12.0 Å². The molecule has 1 fully saturated rings. The number of alkyl halides is 1. The molecule has 136 valence electrons. The van der Waals surface area contributed by atoms with E-state index in [1.807, 2.05) is 18.2 Å². The fourth-order valence-electron chi connectivity index (χ4n) is 2.83. The van der Waals surface area contributed by atoms with Crippen molar-refractivity contribution in [1.29, 1.82) is 0 Å². The predicted molar refractivity (Wildman–Crippen MR) is 91.0 cm³/mol. The van der Waals surface area contributed by atoms with Gasteiger partial charge in [0.2, 0.25) is 0 Å². The van der Waals surface area contributed by atoms with Crippen molar-refractivity contribution < 1.29 is 23.9 Å². The lowest BCUT2D eigenvalue weighted by Crippen LogP contribution is -2.53. The Balaban J connectivity index is 2.19. The van der Waals surface area contributed by atoms with E-state index in [1.54, 1.807) is 24.1 Å². The Labute approximate surface area is 151 Å². The minimum Gasteiger partial charge on any atom is -0.455 e. The number of ether oxygens (including phenoxy) is 2. The number of amides is 2. The summed E-state index contributed by atoms with van der Waals surface area (Å²) in [6.07, 6.45) is 0.425. The van der Waals surface area contributed by atoms with Gasteiger partial charge in [0.05, 0.1) is 6.61 Å². The molecule has 1 unspecified atom stereocenters.